The number of alkyl halides is 2. The fraction of sp³-hybridized carbons (Fsp3) is 0.786. The van der Waals surface area contributed by atoms with Gasteiger partial charge >= 0.3 is 11.9 Å². The molecular formula is C14H23Cl2NO5. The fourth-order valence-corrected chi connectivity index (χ4v) is 1.95. The molecule has 1 N–H and O–H groups in total. The van der Waals surface area contributed by atoms with Gasteiger partial charge in [-0.25, -0.2) is 4.79 Å². The molecule has 0 spiro atoms. The second-order valence-electron chi connectivity index (χ2n) is 4.62. The van der Waals surface area contributed by atoms with Crippen LogP contribution in [0.2, 0.25) is 0 Å². The number of amides is 1. The maximum atomic E-state index is 11.7. The highest BCUT2D eigenvalue weighted by Gasteiger charge is 2.23. The fourth-order valence-electron chi connectivity index (χ4n) is 1.57. The summed E-state index contributed by atoms with van der Waals surface area (Å²) in [6, 6.07) is -0.995. The SMILES string of the molecule is COC(=O)C(COC(=O)CCCCCl)NC(=O)CCCCCl. The van der Waals surface area contributed by atoms with Crippen LogP contribution < -0.4 is 5.32 Å². The van der Waals surface area contributed by atoms with Crippen LogP contribution in [0.25, 0.3) is 0 Å². The lowest BCUT2D eigenvalue weighted by Crippen LogP contribution is -2.45. The number of carbonyl (C=O) groups excluding carboxylic acids is 3. The van der Waals surface area contributed by atoms with Gasteiger partial charge in [0.15, 0.2) is 6.04 Å². The van der Waals surface area contributed by atoms with Gasteiger partial charge in [-0.15, -0.1) is 23.2 Å². The summed E-state index contributed by atoms with van der Waals surface area (Å²) < 4.78 is 9.57. The average molecular weight is 356 g/mol. The Hall–Kier alpha value is -1.01. The van der Waals surface area contributed by atoms with E-state index in [-0.39, 0.29) is 25.4 Å². The zero-order valence-electron chi connectivity index (χ0n) is 12.7. The van der Waals surface area contributed by atoms with Crippen LogP contribution in [0.4, 0.5) is 0 Å². The third kappa shape index (κ3) is 10.7. The number of unbranched alkanes of at least 4 members (excludes halogenated alkanes) is 2. The molecule has 0 aliphatic rings. The Morgan fingerprint density at radius 2 is 1.59 bits per heavy atom. The maximum absolute atomic E-state index is 11.7. The van der Waals surface area contributed by atoms with E-state index in [0.717, 1.165) is 0 Å². The van der Waals surface area contributed by atoms with Crippen LogP contribution in [0.5, 0.6) is 0 Å². The molecular weight excluding hydrogens is 333 g/mol. The van der Waals surface area contributed by atoms with Crippen molar-refractivity contribution < 1.29 is 23.9 Å². The molecule has 6 nitrogen and oxygen atoms in total. The highest BCUT2D eigenvalue weighted by Crippen LogP contribution is 2.02. The van der Waals surface area contributed by atoms with Crippen molar-refractivity contribution in [2.75, 3.05) is 25.5 Å². The zero-order valence-corrected chi connectivity index (χ0v) is 14.3. The van der Waals surface area contributed by atoms with Crippen LogP contribution in [0.3, 0.4) is 0 Å². The van der Waals surface area contributed by atoms with Crippen molar-refractivity contribution in [3.63, 3.8) is 0 Å². The summed E-state index contributed by atoms with van der Waals surface area (Å²) in [6.07, 6.45) is 3.16. The van der Waals surface area contributed by atoms with E-state index in [1.54, 1.807) is 0 Å². The molecule has 0 saturated carbocycles. The molecule has 0 aliphatic carbocycles. The predicted molar refractivity (Wildman–Crippen MR) is 84.0 cm³/mol. The predicted octanol–water partition coefficient (Wildman–Crippen LogP) is 2.01. The van der Waals surface area contributed by atoms with E-state index in [1.807, 2.05) is 0 Å². The summed E-state index contributed by atoms with van der Waals surface area (Å²) in [5.41, 5.74) is 0. The van der Waals surface area contributed by atoms with E-state index in [2.05, 4.69) is 10.1 Å². The number of hydrogen-bond acceptors (Lipinski definition) is 5. The van der Waals surface area contributed by atoms with E-state index >= 15 is 0 Å². The molecule has 0 aliphatic heterocycles. The zero-order chi connectivity index (χ0) is 16.8. The van der Waals surface area contributed by atoms with Gasteiger partial charge in [0.25, 0.3) is 0 Å². The molecule has 0 aromatic rings. The Balaban J connectivity index is 4.20. The van der Waals surface area contributed by atoms with E-state index in [0.29, 0.717) is 37.4 Å². The van der Waals surface area contributed by atoms with Crippen molar-refractivity contribution in [3.8, 4) is 0 Å². The third-order valence-corrected chi connectivity index (χ3v) is 3.32. The van der Waals surface area contributed by atoms with Gasteiger partial charge in [-0.2, -0.15) is 0 Å². The van der Waals surface area contributed by atoms with Crippen molar-refractivity contribution in [1.82, 2.24) is 5.32 Å². The van der Waals surface area contributed by atoms with Crippen LogP contribution in [-0.4, -0.2) is 49.4 Å². The summed E-state index contributed by atoms with van der Waals surface area (Å²) in [7, 11) is 1.21. The Morgan fingerprint density at radius 1 is 1.00 bits per heavy atom. The summed E-state index contributed by atoms with van der Waals surface area (Å²) >= 11 is 11.0. The van der Waals surface area contributed by atoms with Crippen LogP contribution in [-0.2, 0) is 23.9 Å². The number of rotatable bonds is 12. The normalized spacial score (nSPS) is 11.6. The third-order valence-electron chi connectivity index (χ3n) is 2.78. The topological polar surface area (TPSA) is 81.7 Å². The minimum absolute atomic E-state index is 0.226. The van der Waals surface area contributed by atoms with Gasteiger partial charge in [0, 0.05) is 24.6 Å². The van der Waals surface area contributed by atoms with Crippen LogP contribution in [0, 0.1) is 0 Å². The second-order valence-corrected chi connectivity index (χ2v) is 5.37. The summed E-state index contributed by atoms with van der Waals surface area (Å²) in [5.74, 6) is -0.433. The Kier molecular flexibility index (Phi) is 13.0. The first-order chi connectivity index (χ1) is 10.5. The molecule has 0 radical (unpaired) electrons. The summed E-state index contributed by atoms with van der Waals surface area (Å²) in [6.45, 7) is -0.242. The monoisotopic (exact) mass is 355 g/mol. The van der Waals surface area contributed by atoms with Crippen molar-refractivity contribution in [3.05, 3.63) is 0 Å². The molecule has 1 atom stereocenters. The Labute approximate surface area is 140 Å². The van der Waals surface area contributed by atoms with E-state index in [1.165, 1.54) is 7.11 Å². The standard InChI is InChI=1S/C14H23Cl2NO5/c1-21-14(20)11(17-12(18)6-2-4-8-15)10-22-13(19)7-3-5-9-16/h11H,2-10H2,1H3,(H,17,18). The molecule has 0 aromatic carbocycles. The molecule has 1 amide bonds. The number of hydrogen-bond donors (Lipinski definition) is 1. The smallest absolute Gasteiger partial charge is 0.331 e. The molecule has 0 saturated heterocycles. The quantitative estimate of drug-likeness (QED) is 0.329. The number of ether oxygens (including phenoxy) is 2. The van der Waals surface area contributed by atoms with E-state index in [4.69, 9.17) is 27.9 Å². The number of carbonyl (C=O) groups is 3. The van der Waals surface area contributed by atoms with Crippen molar-refractivity contribution >= 4 is 41.0 Å². The van der Waals surface area contributed by atoms with Gasteiger partial charge in [-0.1, -0.05) is 0 Å². The lowest BCUT2D eigenvalue weighted by molar-refractivity contribution is -0.152. The molecule has 22 heavy (non-hydrogen) atoms. The van der Waals surface area contributed by atoms with Crippen molar-refractivity contribution in [1.29, 1.82) is 0 Å². The number of halogens is 2. The van der Waals surface area contributed by atoms with Gasteiger partial charge in [0.05, 0.1) is 7.11 Å². The first-order valence-corrected chi connectivity index (χ1v) is 8.26. The van der Waals surface area contributed by atoms with Crippen LogP contribution in [0.1, 0.15) is 38.5 Å². The minimum Gasteiger partial charge on any atom is -0.467 e. The first kappa shape index (κ1) is 21.0. The molecule has 1 unspecified atom stereocenters. The number of esters is 2. The lowest BCUT2D eigenvalue weighted by atomic mass is 10.2. The highest BCUT2D eigenvalue weighted by molar-refractivity contribution is 6.18. The van der Waals surface area contributed by atoms with Gasteiger partial charge < -0.3 is 14.8 Å². The number of methoxy groups -OCH3 is 1. The molecule has 0 aromatic heterocycles. The van der Waals surface area contributed by atoms with Gasteiger partial charge in [-0.05, 0) is 25.7 Å². The van der Waals surface area contributed by atoms with Gasteiger partial charge in [0.1, 0.15) is 6.61 Å². The Bertz CT molecular complexity index is 352. The lowest BCUT2D eigenvalue weighted by Gasteiger charge is -2.16. The summed E-state index contributed by atoms with van der Waals surface area (Å²) in [4.78, 5) is 34.8. The Morgan fingerprint density at radius 3 is 2.14 bits per heavy atom. The van der Waals surface area contributed by atoms with E-state index < -0.39 is 18.0 Å². The van der Waals surface area contributed by atoms with Crippen molar-refractivity contribution in [2.45, 2.75) is 44.6 Å². The van der Waals surface area contributed by atoms with E-state index in [9.17, 15) is 14.4 Å². The molecule has 8 heteroatoms. The van der Waals surface area contributed by atoms with Gasteiger partial charge in [0.2, 0.25) is 5.91 Å². The van der Waals surface area contributed by atoms with Crippen LogP contribution in [0.15, 0.2) is 0 Å². The molecule has 0 rings (SSSR count). The molecule has 128 valence electrons. The molecule has 0 bridgehead atoms. The second kappa shape index (κ2) is 13.6. The highest BCUT2D eigenvalue weighted by atomic mass is 35.5. The number of nitrogens with one attached hydrogen (secondary N) is 1. The minimum atomic E-state index is -0.995. The summed E-state index contributed by atoms with van der Waals surface area (Å²) in [5, 5.41) is 2.49. The first-order valence-electron chi connectivity index (χ1n) is 7.19. The largest absolute Gasteiger partial charge is 0.467 e. The molecule has 0 fully saturated rings. The average Bonchev–Trinajstić information content (AvgIpc) is 2.51. The van der Waals surface area contributed by atoms with Crippen molar-refractivity contribution in [2.24, 2.45) is 0 Å². The maximum Gasteiger partial charge on any atom is 0.331 e. The van der Waals surface area contributed by atoms with Gasteiger partial charge in [-0.3, -0.25) is 9.59 Å². The van der Waals surface area contributed by atoms with Crippen LogP contribution >= 0.6 is 23.2 Å². The molecule has 0 heterocycles.